The number of nitrogens with one attached hydrogen (secondary N) is 1. The highest BCUT2D eigenvalue weighted by Gasteiger charge is 2.14. The zero-order chi connectivity index (χ0) is 19.4. The van der Waals surface area contributed by atoms with Crippen LogP contribution >= 0.6 is 0 Å². The Morgan fingerprint density at radius 1 is 1.22 bits per heavy atom. The highest BCUT2D eigenvalue weighted by Crippen LogP contribution is 2.16. The van der Waals surface area contributed by atoms with Gasteiger partial charge in [0.25, 0.3) is 5.56 Å². The van der Waals surface area contributed by atoms with E-state index in [1.165, 1.54) is 6.26 Å². The fraction of sp³-hybridized carbons (Fsp3) is 0.111. The first-order chi connectivity index (χ1) is 12.9. The fourth-order valence-corrected chi connectivity index (χ4v) is 2.41. The number of nitrogens with zero attached hydrogens (tertiary/aromatic N) is 2. The van der Waals surface area contributed by atoms with E-state index >= 15 is 0 Å². The molecule has 2 heterocycles. The molecule has 0 radical (unpaired) electrons. The van der Waals surface area contributed by atoms with Crippen molar-refractivity contribution in [3.05, 3.63) is 80.4 Å². The van der Waals surface area contributed by atoms with Gasteiger partial charge < -0.3 is 14.6 Å². The number of carbonyl (C=O) groups is 1. The Kier molecular flexibility index (Phi) is 5.02. The lowest BCUT2D eigenvalue weighted by molar-refractivity contribution is -0.136. The van der Waals surface area contributed by atoms with E-state index in [2.05, 4.69) is 9.98 Å². The van der Waals surface area contributed by atoms with Gasteiger partial charge in [-0.1, -0.05) is 12.1 Å². The second-order valence-electron chi connectivity index (χ2n) is 5.66. The number of hydrogen-bond donors (Lipinski definition) is 3. The average molecular weight is 369 g/mol. The lowest BCUT2D eigenvalue weighted by atomic mass is 10.1. The van der Waals surface area contributed by atoms with Crippen molar-refractivity contribution in [1.29, 1.82) is 0 Å². The predicted molar refractivity (Wildman–Crippen MR) is 95.8 cm³/mol. The van der Waals surface area contributed by atoms with Crippen molar-refractivity contribution >= 4 is 17.9 Å². The van der Waals surface area contributed by atoms with Gasteiger partial charge in [-0.25, -0.2) is 4.79 Å². The average Bonchev–Trinajstić information content (AvgIpc) is 3.12. The third-order valence-corrected chi connectivity index (χ3v) is 3.74. The molecular weight excluding hydrogens is 354 g/mol. The van der Waals surface area contributed by atoms with Crippen LogP contribution in [-0.2, 0) is 17.8 Å². The number of aromatic amines is 1. The molecular formula is C18H15N3O6. The van der Waals surface area contributed by atoms with E-state index in [0.717, 1.165) is 10.8 Å². The molecule has 9 nitrogen and oxygen atoms in total. The molecule has 0 atom stereocenters. The molecule has 0 fully saturated rings. The molecule has 3 rings (SSSR count). The number of rotatable bonds is 6. The molecule has 0 aliphatic rings. The van der Waals surface area contributed by atoms with Crippen molar-refractivity contribution in [2.75, 3.05) is 0 Å². The van der Waals surface area contributed by atoms with Crippen LogP contribution < -0.4 is 11.2 Å². The van der Waals surface area contributed by atoms with E-state index in [9.17, 15) is 19.5 Å². The highest BCUT2D eigenvalue weighted by atomic mass is 16.4. The number of aromatic hydroxyl groups is 1. The first-order valence-corrected chi connectivity index (χ1v) is 7.87. The number of aromatic nitrogens is 2. The minimum Gasteiger partial charge on any atom is -0.494 e. The lowest BCUT2D eigenvalue weighted by Gasteiger charge is -2.07. The van der Waals surface area contributed by atoms with Gasteiger partial charge in [-0.2, -0.15) is 0 Å². The number of benzene rings is 1. The summed E-state index contributed by atoms with van der Waals surface area (Å²) in [5, 5.41) is 19.1. The van der Waals surface area contributed by atoms with Crippen molar-refractivity contribution in [3.8, 4) is 5.88 Å². The maximum atomic E-state index is 12.0. The number of aliphatic imine (C=N–C) groups is 1. The molecule has 0 saturated carbocycles. The van der Waals surface area contributed by atoms with Gasteiger partial charge >= 0.3 is 11.7 Å². The third kappa shape index (κ3) is 4.21. The summed E-state index contributed by atoms with van der Waals surface area (Å²) in [5.41, 5.74) is -0.680. The van der Waals surface area contributed by atoms with Gasteiger partial charge in [-0.15, -0.1) is 0 Å². The van der Waals surface area contributed by atoms with Crippen LogP contribution in [0.4, 0.5) is 5.69 Å². The van der Waals surface area contributed by atoms with Gasteiger partial charge in [-0.3, -0.25) is 24.1 Å². The van der Waals surface area contributed by atoms with Gasteiger partial charge in [0.15, 0.2) is 0 Å². The molecule has 0 saturated heterocycles. The van der Waals surface area contributed by atoms with Crippen LogP contribution in [0.15, 0.2) is 61.7 Å². The number of aliphatic carboxylic acids is 1. The lowest BCUT2D eigenvalue weighted by Crippen LogP contribution is -2.32. The molecule has 3 aromatic rings. The third-order valence-electron chi connectivity index (χ3n) is 3.74. The normalized spacial score (nSPS) is 11.1. The maximum Gasteiger partial charge on any atom is 0.331 e. The number of carboxylic acids is 1. The van der Waals surface area contributed by atoms with Gasteiger partial charge in [0.1, 0.15) is 11.3 Å². The van der Waals surface area contributed by atoms with Gasteiger partial charge in [-0.05, 0) is 29.8 Å². The zero-order valence-electron chi connectivity index (χ0n) is 14.0. The number of carboxylic acid groups (broad SMARTS) is 1. The van der Waals surface area contributed by atoms with Crippen molar-refractivity contribution in [2.45, 2.75) is 13.0 Å². The summed E-state index contributed by atoms with van der Waals surface area (Å²) in [6.45, 7) is -0.0564. The molecule has 0 bridgehead atoms. The Morgan fingerprint density at radius 2 is 1.96 bits per heavy atom. The van der Waals surface area contributed by atoms with Gasteiger partial charge in [0.2, 0.25) is 5.88 Å². The second-order valence-corrected chi connectivity index (χ2v) is 5.66. The molecule has 1 aromatic carbocycles. The van der Waals surface area contributed by atoms with E-state index in [1.54, 1.807) is 36.4 Å². The molecule has 27 heavy (non-hydrogen) atoms. The Morgan fingerprint density at radius 3 is 2.59 bits per heavy atom. The molecule has 2 aromatic heterocycles. The van der Waals surface area contributed by atoms with Crippen LogP contribution in [0.3, 0.4) is 0 Å². The zero-order valence-corrected chi connectivity index (χ0v) is 14.0. The van der Waals surface area contributed by atoms with E-state index in [1.807, 2.05) is 0 Å². The summed E-state index contributed by atoms with van der Waals surface area (Å²) in [7, 11) is 0. The Labute approximate surface area is 151 Å². The van der Waals surface area contributed by atoms with Gasteiger partial charge in [0.05, 0.1) is 24.9 Å². The largest absolute Gasteiger partial charge is 0.494 e. The second kappa shape index (κ2) is 7.56. The van der Waals surface area contributed by atoms with Crippen molar-refractivity contribution in [1.82, 2.24) is 9.55 Å². The maximum absolute atomic E-state index is 12.0. The summed E-state index contributed by atoms with van der Waals surface area (Å²) in [5.74, 6) is -1.05. The fourth-order valence-electron chi connectivity index (χ4n) is 2.41. The minimum atomic E-state index is -0.943. The van der Waals surface area contributed by atoms with Crippen LogP contribution in [-0.4, -0.2) is 31.9 Å². The molecule has 3 N–H and O–H groups in total. The number of H-pyrrole nitrogens is 1. The van der Waals surface area contributed by atoms with E-state index in [0.29, 0.717) is 17.0 Å². The Bertz CT molecular complexity index is 1090. The van der Waals surface area contributed by atoms with Gasteiger partial charge in [0, 0.05) is 6.21 Å². The van der Waals surface area contributed by atoms with Crippen molar-refractivity contribution < 1.29 is 19.4 Å². The summed E-state index contributed by atoms with van der Waals surface area (Å²) in [6, 6.07) is 9.63. The van der Waals surface area contributed by atoms with E-state index in [4.69, 9.17) is 9.52 Å². The minimum absolute atomic E-state index is 0.0564. The van der Waals surface area contributed by atoms with Crippen LogP contribution in [0.1, 0.15) is 16.9 Å². The molecule has 0 aliphatic carbocycles. The summed E-state index contributed by atoms with van der Waals surface area (Å²) >= 11 is 0. The van der Waals surface area contributed by atoms with Crippen molar-refractivity contribution in [2.24, 2.45) is 4.99 Å². The van der Waals surface area contributed by atoms with Crippen LogP contribution in [0.5, 0.6) is 5.88 Å². The topological polar surface area (TPSA) is 138 Å². The smallest absolute Gasteiger partial charge is 0.331 e. The molecule has 0 spiro atoms. The quantitative estimate of drug-likeness (QED) is 0.559. The van der Waals surface area contributed by atoms with Crippen molar-refractivity contribution in [3.63, 3.8) is 0 Å². The summed E-state index contributed by atoms with van der Waals surface area (Å²) < 4.78 is 6.10. The molecule has 0 aliphatic heterocycles. The SMILES string of the molecule is O=C(O)Cc1ccc(N=Cc2c(O)n(Cc3ccco3)c(=O)[nH]c2=O)cc1. The predicted octanol–water partition coefficient (Wildman–Crippen LogP) is 1.26. The first-order valence-electron chi connectivity index (χ1n) is 7.87. The molecule has 0 amide bonds. The molecule has 9 heteroatoms. The summed E-state index contributed by atoms with van der Waals surface area (Å²) in [6.07, 6.45) is 2.46. The number of hydrogen-bond acceptors (Lipinski definition) is 6. The monoisotopic (exact) mass is 369 g/mol. The van der Waals surface area contributed by atoms with Crippen LogP contribution in [0.2, 0.25) is 0 Å². The van der Waals surface area contributed by atoms with E-state index < -0.39 is 23.1 Å². The van der Waals surface area contributed by atoms with Crippen LogP contribution in [0.25, 0.3) is 0 Å². The highest BCUT2D eigenvalue weighted by molar-refractivity contribution is 5.84. The Hall–Kier alpha value is -3.88. The first kappa shape index (κ1) is 17.9. The molecule has 138 valence electrons. The van der Waals surface area contributed by atoms with E-state index in [-0.39, 0.29) is 18.5 Å². The number of furan rings is 1. The van der Waals surface area contributed by atoms with Crippen LogP contribution in [0, 0.1) is 0 Å². The summed E-state index contributed by atoms with van der Waals surface area (Å²) in [4.78, 5) is 40.9. The standard InChI is InChI=1S/C18H15N3O6/c22-15(23)8-11-3-5-12(6-4-11)19-9-14-16(24)20-18(26)21(17(14)25)10-13-2-1-7-27-13/h1-7,9,25H,8,10H2,(H,22,23)(H,20,24,26). The molecule has 0 unspecified atom stereocenters. The Balaban J connectivity index is 1.90.